The number of fused-ring (bicyclic) bond motifs is 1. The zero-order valence-corrected chi connectivity index (χ0v) is 19.7. The maximum atomic E-state index is 13.0. The Kier molecular flexibility index (Phi) is 5.63. The molecule has 5 rings (SSSR count). The van der Waals surface area contributed by atoms with Crippen LogP contribution in [-0.2, 0) is 4.79 Å². The van der Waals surface area contributed by atoms with Crippen LogP contribution >= 0.6 is 35.1 Å². The van der Waals surface area contributed by atoms with Gasteiger partial charge in [-0.2, -0.15) is 0 Å². The van der Waals surface area contributed by atoms with Gasteiger partial charge in [-0.05, 0) is 66.4 Å². The third-order valence-corrected chi connectivity index (χ3v) is 7.73. The summed E-state index contributed by atoms with van der Waals surface area (Å²) in [7, 11) is 3.70. The van der Waals surface area contributed by atoms with Gasteiger partial charge in [0.25, 0.3) is 5.91 Å². The minimum atomic E-state index is -0.0639. The Bertz CT molecular complexity index is 1260. The average molecular weight is 480 g/mol. The van der Waals surface area contributed by atoms with Gasteiger partial charge in [-0.1, -0.05) is 41.6 Å². The van der Waals surface area contributed by atoms with Gasteiger partial charge < -0.3 is 9.64 Å². The zero-order valence-electron chi connectivity index (χ0n) is 17.3. The number of para-hydroxylation sites is 1. The van der Waals surface area contributed by atoms with Crippen molar-refractivity contribution in [2.75, 3.05) is 19.0 Å². The second-order valence-electron chi connectivity index (χ2n) is 7.18. The van der Waals surface area contributed by atoms with E-state index in [2.05, 4.69) is 0 Å². The Morgan fingerprint density at radius 2 is 1.59 bits per heavy atom. The minimum Gasteiger partial charge on any atom is -0.457 e. The lowest BCUT2D eigenvalue weighted by molar-refractivity contribution is -0.121. The van der Waals surface area contributed by atoms with E-state index in [1.807, 2.05) is 84.7 Å². The van der Waals surface area contributed by atoms with Crippen LogP contribution in [0.2, 0.25) is 5.02 Å². The van der Waals surface area contributed by atoms with Crippen molar-refractivity contribution in [1.29, 1.82) is 0 Å². The van der Waals surface area contributed by atoms with Crippen LogP contribution in [0.5, 0.6) is 11.5 Å². The fraction of sp³-hybridized carbons (Fsp3) is 0.0833. The second kappa shape index (κ2) is 8.58. The molecule has 1 amide bonds. The summed E-state index contributed by atoms with van der Waals surface area (Å²) in [6.45, 7) is 0. The maximum absolute atomic E-state index is 13.0. The Labute approximate surface area is 199 Å². The van der Waals surface area contributed by atoms with E-state index in [4.69, 9.17) is 21.3 Å². The van der Waals surface area contributed by atoms with Gasteiger partial charge in [0.1, 0.15) is 16.4 Å². The molecule has 0 saturated carbocycles. The summed E-state index contributed by atoms with van der Waals surface area (Å²) in [6, 6.07) is 22.9. The Morgan fingerprint density at radius 3 is 2.34 bits per heavy atom. The number of amidine groups is 1. The standard InChI is InChI=1S/C24H18ClN3O2S2/c1-27-19-14-15(25)8-13-20(19)31-23(27)21-22(29)28(2)24(32-21)26-16-9-11-18(12-10-16)30-17-6-4-3-5-7-17/h3-14H,1-2H3/b23-21-,26-24?. The summed E-state index contributed by atoms with van der Waals surface area (Å²) >= 11 is 9.12. The van der Waals surface area contributed by atoms with Crippen LogP contribution < -0.4 is 9.64 Å². The van der Waals surface area contributed by atoms with Gasteiger partial charge >= 0.3 is 0 Å². The molecule has 1 fully saturated rings. The summed E-state index contributed by atoms with van der Waals surface area (Å²) in [5, 5.41) is 2.20. The monoisotopic (exact) mass is 479 g/mol. The first-order chi connectivity index (χ1) is 15.5. The van der Waals surface area contributed by atoms with Gasteiger partial charge in [0, 0.05) is 24.0 Å². The summed E-state index contributed by atoms with van der Waals surface area (Å²) in [4.78, 5) is 23.0. The number of thioether (sulfide) groups is 2. The number of rotatable bonds is 3. The number of likely N-dealkylation sites (N-methyl/N-ethyl adjacent to an activating group) is 1. The highest BCUT2D eigenvalue weighted by atomic mass is 35.5. The van der Waals surface area contributed by atoms with Crippen molar-refractivity contribution < 1.29 is 9.53 Å². The number of hydrogen-bond donors (Lipinski definition) is 0. The molecule has 0 spiro atoms. The first kappa shape index (κ1) is 21.0. The van der Waals surface area contributed by atoms with Crippen LogP contribution in [0.25, 0.3) is 0 Å². The van der Waals surface area contributed by atoms with E-state index in [9.17, 15) is 4.79 Å². The second-order valence-corrected chi connectivity index (χ2v) is 9.62. The first-order valence-corrected chi connectivity index (χ1v) is 11.8. The molecule has 2 aliphatic rings. The number of aliphatic imine (C=N–C) groups is 1. The number of nitrogens with zero attached hydrogens (tertiary/aromatic N) is 3. The molecule has 1 saturated heterocycles. The van der Waals surface area contributed by atoms with Gasteiger partial charge in [0.2, 0.25) is 0 Å². The highest BCUT2D eigenvalue weighted by Gasteiger charge is 2.37. The van der Waals surface area contributed by atoms with E-state index < -0.39 is 0 Å². The molecule has 8 heteroatoms. The van der Waals surface area contributed by atoms with E-state index in [1.165, 1.54) is 11.8 Å². The summed E-state index contributed by atoms with van der Waals surface area (Å²) < 4.78 is 5.83. The molecule has 0 aliphatic carbocycles. The predicted octanol–water partition coefficient (Wildman–Crippen LogP) is 6.74. The van der Waals surface area contributed by atoms with Crippen molar-refractivity contribution in [3.8, 4) is 11.5 Å². The number of ether oxygens (including phenoxy) is 1. The zero-order chi connectivity index (χ0) is 22.2. The SMILES string of the molecule is CN1C(=O)/C(=C2/Sc3ccc(Cl)cc3N2C)SC1=Nc1ccc(Oc2ccccc2)cc1. The maximum Gasteiger partial charge on any atom is 0.269 e. The summed E-state index contributed by atoms with van der Waals surface area (Å²) in [5.41, 5.74) is 1.75. The number of hydrogen-bond acceptors (Lipinski definition) is 6. The number of benzene rings is 3. The molecule has 0 atom stereocenters. The smallest absolute Gasteiger partial charge is 0.269 e. The van der Waals surface area contributed by atoms with Crippen molar-refractivity contribution in [3.63, 3.8) is 0 Å². The van der Waals surface area contributed by atoms with Crippen molar-refractivity contribution in [2.24, 2.45) is 4.99 Å². The highest BCUT2D eigenvalue weighted by molar-refractivity contribution is 8.19. The Morgan fingerprint density at radius 1 is 0.875 bits per heavy atom. The fourth-order valence-electron chi connectivity index (χ4n) is 3.32. The van der Waals surface area contributed by atoms with Crippen molar-refractivity contribution >= 4 is 57.6 Å². The largest absolute Gasteiger partial charge is 0.457 e. The lowest BCUT2D eigenvalue weighted by atomic mass is 10.3. The number of amides is 1. The molecule has 2 heterocycles. The van der Waals surface area contributed by atoms with E-state index in [0.29, 0.717) is 15.1 Å². The minimum absolute atomic E-state index is 0.0639. The van der Waals surface area contributed by atoms with E-state index >= 15 is 0 Å². The molecule has 0 radical (unpaired) electrons. The third kappa shape index (κ3) is 3.99. The quantitative estimate of drug-likeness (QED) is 0.389. The molecule has 0 N–H and O–H groups in total. The van der Waals surface area contributed by atoms with Gasteiger partial charge in [0.15, 0.2) is 5.17 Å². The third-order valence-electron chi connectivity index (χ3n) is 5.01. The Balaban J connectivity index is 1.38. The van der Waals surface area contributed by atoms with Crippen molar-refractivity contribution in [1.82, 2.24) is 4.90 Å². The lowest BCUT2D eigenvalue weighted by Gasteiger charge is -2.14. The lowest BCUT2D eigenvalue weighted by Crippen LogP contribution is -2.24. The molecule has 32 heavy (non-hydrogen) atoms. The molecule has 0 aromatic heterocycles. The molecule has 5 nitrogen and oxygen atoms in total. The van der Waals surface area contributed by atoms with Crippen LogP contribution in [0.3, 0.4) is 0 Å². The molecule has 2 aliphatic heterocycles. The van der Waals surface area contributed by atoms with Crippen LogP contribution in [0.4, 0.5) is 11.4 Å². The van der Waals surface area contributed by atoms with Crippen molar-refractivity contribution in [3.05, 3.63) is 87.8 Å². The number of anilines is 1. The van der Waals surface area contributed by atoms with E-state index in [-0.39, 0.29) is 5.91 Å². The van der Waals surface area contributed by atoms with Crippen LogP contribution in [0.15, 0.2) is 92.6 Å². The predicted molar refractivity (Wildman–Crippen MR) is 133 cm³/mol. The molecule has 160 valence electrons. The molecule has 3 aromatic rings. The Hall–Kier alpha value is -2.87. The topological polar surface area (TPSA) is 45.1 Å². The highest BCUT2D eigenvalue weighted by Crippen LogP contribution is 2.50. The number of halogens is 1. The van der Waals surface area contributed by atoms with Gasteiger partial charge in [0.05, 0.1) is 16.4 Å². The number of carbonyl (C=O) groups is 1. The van der Waals surface area contributed by atoms with Gasteiger partial charge in [-0.3, -0.25) is 9.69 Å². The number of carbonyl (C=O) groups excluding carboxylic acids is 1. The van der Waals surface area contributed by atoms with Gasteiger partial charge in [-0.25, -0.2) is 4.99 Å². The van der Waals surface area contributed by atoms with Crippen LogP contribution in [0, 0.1) is 0 Å². The van der Waals surface area contributed by atoms with Crippen molar-refractivity contribution in [2.45, 2.75) is 4.90 Å². The molecule has 3 aromatic carbocycles. The van der Waals surface area contributed by atoms with Crippen LogP contribution in [-0.4, -0.2) is 30.1 Å². The normalized spacial score (nSPS) is 19.1. The molecular weight excluding hydrogens is 462 g/mol. The van der Waals surface area contributed by atoms with E-state index in [0.717, 1.165) is 32.8 Å². The molecule has 0 bridgehead atoms. The fourth-order valence-corrected chi connectivity index (χ4v) is 5.80. The summed E-state index contributed by atoms with van der Waals surface area (Å²) in [6.07, 6.45) is 0. The van der Waals surface area contributed by atoms with Crippen LogP contribution in [0.1, 0.15) is 0 Å². The summed E-state index contributed by atoms with van der Waals surface area (Å²) in [5.74, 6) is 1.44. The average Bonchev–Trinajstić information content (AvgIpc) is 3.27. The first-order valence-electron chi connectivity index (χ1n) is 9.82. The molecule has 0 unspecified atom stereocenters. The molecular formula is C24H18ClN3O2S2. The van der Waals surface area contributed by atoms with E-state index in [1.54, 1.807) is 23.7 Å². The van der Waals surface area contributed by atoms with Gasteiger partial charge in [-0.15, -0.1) is 0 Å².